The van der Waals surface area contributed by atoms with E-state index < -0.39 is 5.54 Å². The number of benzene rings is 1. The van der Waals surface area contributed by atoms with E-state index in [0.717, 1.165) is 23.6 Å². The Kier molecular flexibility index (Phi) is 8.75. The van der Waals surface area contributed by atoms with Crippen LogP contribution < -0.4 is 11.1 Å². The monoisotopic (exact) mass is 414 g/mol. The second-order valence-electron chi connectivity index (χ2n) is 6.99. The minimum Gasteiger partial charge on any atom is -0.381 e. The summed E-state index contributed by atoms with van der Waals surface area (Å²) in [4.78, 5) is 17.0. The van der Waals surface area contributed by atoms with Crippen molar-refractivity contribution in [2.45, 2.75) is 44.7 Å². The first-order chi connectivity index (χ1) is 12.0. The molecule has 0 radical (unpaired) electrons. The van der Waals surface area contributed by atoms with Gasteiger partial charge >= 0.3 is 0 Å². The minimum atomic E-state index is -0.844. The average Bonchev–Trinajstić information content (AvgIpc) is 3.04. The standard InChI is InChI=1S/C19H26N4O2.2ClH/c1-14(2)17-21-8-9-23(17)13-15-4-3-5-16(12-15)22-18(24)19(20)6-10-25-11-7-19;;/h3-5,8-9,12,14H,6-7,10-11,13,20H2,1-2H3,(H,22,24);2*1H. The number of rotatable bonds is 5. The van der Waals surface area contributed by atoms with Gasteiger partial charge in [0.2, 0.25) is 5.91 Å². The molecule has 1 aromatic carbocycles. The maximum Gasteiger partial charge on any atom is 0.244 e. The van der Waals surface area contributed by atoms with Crippen LogP contribution in [0.1, 0.15) is 44.0 Å². The number of amides is 1. The number of carbonyl (C=O) groups is 1. The smallest absolute Gasteiger partial charge is 0.244 e. The average molecular weight is 415 g/mol. The SMILES string of the molecule is CC(C)c1nccn1Cc1cccc(NC(=O)C2(N)CCOCC2)c1.Cl.Cl. The lowest BCUT2D eigenvalue weighted by atomic mass is 9.90. The summed E-state index contributed by atoms with van der Waals surface area (Å²) in [6, 6.07) is 7.88. The van der Waals surface area contributed by atoms with Gasteiger partial charge in [0.1, 0.15) is 11.4 Å². The Morgan fingerprint density at radius 2 is 2.04 bits per heavy atom. The van der Waals surface area contributed by atoms with Gasteiger partial charge in [0.25, 0.3) is 0 Å². The van der Waals surface area contributed by atoms with Crippen molar-refractivity contribution in [1.29, 1.82) is 0 Å². The lowest BCUT2D eigenvalue weighted by Gasteiger charge is -2.31. The quantitative estimate of drug-likeness (QED) is 0.785. The molecule has 1 aliphatic heterocycles. The fourth-order valence-electron chi connectivity index (χ4n) is 3.12. The fraction of sp³-hybridized carbons (Fsp3) is 0.474. The van der Waals surface area contributed by atoms with Gasteiger partial charge in [-0.3, -0.25) is 4.79 Å². The number of anilines is 1. The number of ether oxygens (including phenoxy) is 1. The highest BCUT2D eigenvalue weighted by Crippen LogP contribution is 2.21. The fourth-order valence-corrected chi connectivity index (χ4v) is 3.12. The van der Waals surface area contributed by atoms with Crippen LogP contribution in [0.2, 0.25) is 0 Å². The third-order valence-electron chi connectivity index (χ3n) is 4.64. The summed E-state index contributed by atoms with van der Waals surface area (Å²) in [5, 5.41) is 2.97. The van der Waals surface area contributed by atoms with Crippen molar-refractivity contribution in [3.8, 4) is 0 Å². The Morgan fingerprint density at radius 1 is 1.33 bits per heavy atom. The highest BCUT2D eigenvalue weighted by molar-refractivity contribution is 5.98. The van der Waals surface area contributed by atoms with Gasteiger partial charge in [0, 0.05) is 43.8 Å². The number of hydrogen-bond acceptors (Lipinski definition) is 4. The lowest BCUT2D eigenvalue weighted by Crippen LogP contribution is -2.54. The van der Waals surface area contributed by atoms with Crippen molar-refractivity contribution in [3.05, 3.63) is 48.0 Å². The Hall–Kier alpha value is -1.60. The Labute approximate surface area is 172 Å². The van der Waals surface area contributed by atoms with Crippen molar-refractivity contribution in [2.75, 3.05) is 18.5 Å². The minimum absolute atomic E-state index is 0. The Bertz CT molecular complexity index is 743. The zero-order chi connectivity index (χ0) is 17.9. The largest absolute Gasteiger partial charge is 0.381 e. The first-order valence-corrected chi connectivity index (χ1v) is 8.76. The molecular weight excluding hydrogens is 387 g/mol. The summed E-state index contributed by atoms with van der Waals surface area (Å²) in [5.74, 6) is 1.28. The van der Waals surface area contributed by atoms with Gasteiger partial charge in [-0.2, -0.15) is 0 Å². The molecule has 6 nitrogen and oxygen atoms in total. The number of imidazole rings is 1. The highest BCUT2D eigenvalue weighted by Gasteiger charge is 2.35. The van der Waals surface area contributed by atoms with Crippen molar-refractivity contribution in [1.82, 2.24) is 9.55 Å². The van der Waals surface area contributed by atoms with Gasteiger partial charge in [0.15, 0.2) is 0 Å². The number of halogens is 2. The van der Waals surface area contributed by atoms with Gasteiger partial charge in [-0.25, -0.2) is 4.98 Å². The summed E-state index contributed by atoms with van der Waals surface area (Å²) < 4.78 is 7.44. The second kappa shape index (κ2) is 10.1. The lowest BCUT2D eigenvalue weighted by molar-refractivity contribution is -0.124. The van der Waals surface area contributed by atoms with E-state index in [1.807, 2.05) is 36.7 Å². The predicted octanol–water partition coefficient (Wildman–Crippen LogP) is 3.34. The molecule has 1 amide bonds. The van der Waals surface area contributed by atoms with E-state index >= 15 is 0 Å². The van der Waals surface area contributed by atoms with Crippen LogP contribution in [0.4, 0.5) is 5.69 Å². The normalized spacial score (nSPS) is 15.6. The number of hydrogen-bond donors (Lipinski definition) is 2. The van der Waals surface area contributed by atoms with Gasteiger partial charge in [-0.15, -0.1) is 24.8 Å². The van der Waals surface area contributed by atoms with Crippen LogP contribution in [0, 0.1) is 0 Å². The molecule has 3 N–H and O–H groups in total. The van der Waals surface area contributed by atoms with Crippen LogP contribution in [0.25, 0.3) is 0 Å². The Balaban J connectivity index is 0.00000182. The first kappa shape index (κ1) is 23.4. The number of nitrogens with two attached hydrogens (primary N) is 1. The molecule has 0 unspecified atom stereocenters. The third-order valence-corrected chi connectivity index (χ3v) is 4.64. The first-order valence-electron chi connectivity index (χ1n) is 8.76. The van der Waals surface area contributed by atoms with E-state index in [-0.39, 0.29) is 30.7 Å². The molecule has 2 heterocycles. The van der Waals surface area contributed by atoms with Crippen molar-refractivity contribution >= 4 is 36.4 Å². The van der Waals surface area contributed by atoms with Crippen molar-refractivity contribution in [2.24, 2.45) is 5.73 Å². The zero-order valence-corrected chi connectivity index (χ0v) is 17.3. The van der Waals surface area contributed by atoms with E-state index in [4.69, 9.17) is 10.5 Å². The van der Waals surface area contributed by atoms with E-state index in [1.165, 1.54) is 0 Å². The number of aromatic nitrogens is 2. The van der Waals surface area contributed by atoms with Crippen LogP contribution >= 0.6 is 24.8 Å². The molecule has 1 aromatic heterocycles. The van der Waals surface area contributed by atoms with Crippen LogP contribution in [0.15, 0.2) is 36.7 Å². The number of carbonyl (C=O) groups excluding carboxylic acids is 1. The second-order valence-corrected chi connectivity index (χ2v) is 6.99. The summed E-state index contributed by atoms with van der Waals surface area (Å²) in [6.45, 7) is 6.04. The third kappa shape index (κ3) is 5.69. The molecule has 8 heteroatoms. The van der Waals surface area contributed by atoms with E-state index in [1.54, 1.807) is 0 Å². The van der Waals surface area contributed by atoms with E-state index in [9.17, 15) is 4.79 Å². The summed E-state index contributed by atoms with van der Waals surface area (Å²) in [6.07, 6.45) is 4.90. The molecule has 1 saturated heterocycles. The van der Waals surface area contributed by atoms with Gasteiger partial charge < -0.3 is 20.4 Å². The number of nitrogens with one attached hydrogen (secondary N) is 1. The Morgan fingerprint density at radius 3 is 2.70 bits per heavy atom. The topological polar surface area (TPSA) is 82.2 Å². The molecule has 0 spiro atoms. The summed E-state index contributed by atoms with van der Waals surface area (Å²) in [5.41, 5.74) is 7.28. The van der Waals surface area contributed by atoms with E-state index in [0.29, 0.717) is 32.0 Å². The van der Waals surface area contributed by atoms with Crippen LogP contribution in [0.5, 0.6) is 0 Å². The maximum atomic E-state index is 12.6. The predicted molar refractivity (Wildman–Crippen MR) is 112 cm³/mol. The van der Waals surface area contributed by atoms with Gasteiger partial charge in [-0.05, 0) is 30.5 Å². The van der Waals surface area contributed by atoms with Gasteiger partial charge in [0.05, 0.1) is 0 Å². The number of nitrogens with zero attached hydrogens (tertiary/aromatic N) is 2. The van der Waals surface area contributed by atoms with Gasteiger partial charge in [-0.1, -0.05) is 26.0 Å². The molecule has 0 atom stereocenters. The van der Waals surface area contributed by atoms with Crippen molar-refractivity contribution < 1.29 is 9.53 Å². The zero-order valence-electron chi connectivity index (χ0n) is 15.7. The summed E-state index contributed by atoms with van der Waals surface area (Å²) >= 11 is 0. The van der Waals surface area contributed by atoms with Crippen LogP contribution in [-0.4, -0.2) is 34.2 Å². The molecular formula is C19H28Cl2N4O2. The summed E-state index contributed by atoms with van der Waals surface area (Å²) in [7, 11) is 0. The van der Waals surface area contributed by atoms with Crippen LogP contribution in [-0.2, 0) is 16.1 Å². The van der Waals surface area contributed by atoms with Crippen molar-refractivity contribution in [3.63, 3.8) is 0 Å². The molecule has 0 saturated carbocycles. The molecule has 150 valence electrons. The molecule has 1 aliphatic rings. The molecule has 3 rings (SSSR count). The molecule has 1 fully saturated rings. The molecule has 0 bridgehead atoms. The van der Waals surface area contributed by atoms with E-state index in [2.05, 4.69) is 28.7 Å². The molecule has 2 aromatic rings. The highest BCUT2D eigenvalue weighted by atomic mass is 35.5. The van der Waals surface area contributed by atoms with Crippen LogP contribution in [0.3, 0.4) is 0 Å². The maximum absolute atomic E-state index is 12.6. The molecule has 0 aliphatic carbocycles. The molecule has 27 heavy (non-hydrogen) atoms.